The lowest BCUT2D eigenvalue weighted by molar-refractivity contribution is 0.194. The molecule has 1 N–H and O–H groups in total. The van der Waals surface area contributed by atoms with Crippen LogP contribution in [0.25, 0.3) is 11.3 Å². The average molecular weight is 204 g/mol. The molecule has 15 heavy (non-hydrogen) atoms. The number of aliphatic hydroxyl groups is 1. The maximum Gasteiger partial charge on any atom is 0.191 e. The number of oxazole rings is 1. The first-order valence-corrected chi connectivity index (χ1v) is 4.73. The van der Waals surface area contributed by atoms with Gasteiger partial charge in [-0.3, -0.25) is 4.98 Å². The zero-order valence-electron chi connectivity index (χ0n) is 8.64. The van der Waals surface area contributed by atoms with E-state index in [1.807, 2.05) is 6.07 Å². The molecule has 0 aliphatic carbocycles. The van der Waals surface area contributed by atoms with E-state index in [0.717, 1.165) is 11.3 Å². The third-order valence-electron chi connectivity index (χ3n) is 2.13. The molecule has 2 heterocycles. The summed E-state index contributed by atoms with van der Waals surface area (Å²) in [5.74, 6) is 0.629. The van der Waals surface area contributed by atoms with Crippen LogP contribution < -0.4 is 0 Å². The molecule has 0 spiro atoms. The Bertz CT molecular complexity index is 446. The maximum absolute atomic E-state index is 9.29. The molecule has 0 bridgehead atoms. The number of nitrogens with zero attached hydrogens (tertiary/aromatic N) is 2. The molecule has 0 saturated heterocycles. The molecule has 0 aliphatic rings. The summed E-state index contributed by atoms with van der Waals surface area (Å²) in [6.07, 6.45) is 2.73. The Kier molecular flexibility index (Phi) is 2.51. The van der Waals surface area contributed by atoms with Gasteiger partial charge in [0.25, 0.3) is 0 Å². The van der Waals surface area contributed by atoms with Crippen molar-refractivity contribution in [3.8, 4) is 11.3 Å². The van der Waals surface area contributed by atoms with Crippen molar-refractivity contribution in [2.24, 2.45) is 0 Å². The van der Waals surface area contributed by atoms with Crippen LogP contribution in [0, 0.1) is 6.92 Å². The molecule has 1 atom stereocenters. The molecule has 1 unspecified atom stereocenters. The standard InChI is InChI=1S/C11H12N2O2/c1-7(14)10-4-3-9(5-12-10)11-6-15-8(2)13-11/h3-7,14H,1-2H3. The Morgan fingerprint density at radius 2 is 2.20 bits per heavy atom. The van der Waals surface area contributed by atoms with Crippen LogP contribution in [0.5, 0.6) is 0 Å². The highest BCUT2D eigenvalue weighted by Crippen LogP contribution is 2.19. The minimum absolute atomic E-state index is 0.543. The second-order valence-corrected chi connectivity index (χ2v) is 3.40. The number of aliphatic hydroxyl groups excluding tert-OH is 1. The third-order valence-corrected chi connectivity index (χ3v) is 2.13. The SMILES string of the molecule is Cc1nc(-c2ccc(C(C)O)nc2)co1. The average Bonchev–Trinajstić information content (AvgIpc) is 2.65. The number of aromatic nitrogens is 2. The highest BCUT2D eigenvalue weighted by Gasteiger charge is 2.06. The van der Waals surface area contributed by atoms with Gasteiger partial charge in [-0.2, -0.15) is 0 Å². The Hall–Kier alpha value is -1.68. The van der Waals surface area contributed by atoms with E-state index in [-0.39, 0.29) is 0 Å². The predicted molar refractivity (Wildman–Crippen MR) is 55.1 cm³/mol. The van der Waals surface area contributed by atoms with Crippen molar-refractivity contribution in [1.82, 2.24) is 9.97 Å². The van der Waals surface area contributed by atoms with Crippen LogP contribution >= 0.6 is 0 Å². The second kappa shape index (κ2) is 3.82. The molecule has 2 aromatic heterocycles. The van der Waals surface area contributed by atoms with Gasteiger partial charge >= 0.3 is 0 Å². The monoisotopic (exact) mass is 204 g/mol. The minimum Gasteiger partial charge on any atom is -0.449 e. The predicted octanol–water partition coefficient (Wildman–Crippen LogP) is 2.10. The van der Waals surface area contributed by atoms with Gasteiger partial charge in [0.05, 0.1) is 11.8 Å². The fourth-order valence-corrected chi connectivity index (χ4v) is 1.30. The fourth-order valence-electron chi connectivity index (χ4n) is 1.30. The lowest BCUT2D eigenvalue weighted by Gasteiger charge is -2.03. The molecule has 0 amide bonds. The normalized spacial score (nSPS) is 12.7. The Morgan fingerprint density at radius 1 is 1.40 bits per heavy atom. The van der Waals surface area contributed by atoms with Gasteiger partial charge in [-0.25, -0.2) is 4.98 Å². The van der Waals surface area contributed by atoms with Gasteiger partial charge < -0.3 is 9.52 Å². The van der Waals surface area contributed by atoms with E-state index in [1.54, 1.807) is 32.4 Å². The zero-order chi connectivity index (χ0) is 10.8. The van der Waals surface area contributed by atoms with E-state index in [4.69, 9.17) is 4.42 Å². The number of pyridine rings is 1. The van der Waals surface area contributed by atoms with Gasteiger partial charge in [-0.15, -0.1) is 0 Å². The van der Waals surface area contributed by atoms with Crippen molar-refractivity contribution in [2.75, 3.05) is 0 Å². The van der Waals surface area contributed by atoms with E-state index >= 15 is 0 Å². The molecule has 2 rings (SSSR count). The van der Waals surface area contributed by atoms with E-state index in [9.17, 15) is 5.11 Å². The molecular formula is C11H12N2O2. The van der Waals surface area contributed by atoms with Gasteiger partial charge in [-0.1, -0.05) is 0 Å². The van der Waals surface area contributed by atoms with E-state index in [2.05, 4.69) is 9.97 Å². The number of rotatable bonds is 2. The molecule has 0 fully saturated rings. The molecule has 0 saturated carbocycles. The third kappa shape index (κ3) is 2.05. The van der Waals surface area contributed by atoms with Crippen LogP contribution in [0.15, 0.2) is 29.0 Å². The molecule has 4 nitrogen and oxygen atoms in total. The van der Waals surface area contributed by atoms with E-state index < -0.39 is 6.10 Å². The van der Waals surface area contributed by atoms with Crippen molar-refractivity contribution >= 4 is 0 Å². The summed E-state index contributed by atoms with van der Waals surface area (Å²) in [7, 11) is 0. The van der Waals surface area contributed by atoms with Crippen LogP contribution in [0.3, 0.4) is 0 Å². The summed E-state index contributed by atoms with van der Waals surface area (Å²) < 4.78 is 5.11. The van der Waals surface area contributed by atoms with Gasteiger partial charge in [-0.05, 0) is 19.1 Å². The molecule has 78 valence electrons. The van der Waals surface area contributed by atoms with Crippen LogP contribution in [0.1, 0.15) is 24.6 Å². The molecule has 4 heteroatoms. The van der Waals surface area contributed by atoms with Crippen molar-refractivity contribution in [1.29, 1.82) is 0 Å². The molecular weight excluding hydrogens is 192 g/mol. The first-order valence-electron chi connectivity index (χ1n) is 4.73. The van der Waals surface area contributed by atoms with Crippen molar-refractivity contribution < 1.29 is 9.52 Å². The summed E-state index contributed by atoms with van der Waals surface area (Å²) >= 11 is 0. The molecule has 0 radical (unpaired) electrons. The van der Waals surface area contributed by atoms with Crippen molar-refractivity contribution in [3.05, 3.63) is 36.2 Å². The van der Waals surface area contributed by atoms with Gasteiger partial charge in [0.1, 0.15) is 12.0 Å². The molecule has 0 aromatic carbocycles. The summed E-state index contributed by atoms with van der Waals surface area (Å²) in [5.41, 5.74) is 2.30. The quantitative estimate of drug-likeness (QED) is 0.813. The molecule has 2 aromatic rings. The number of hydrogen-bond donors (Lipinski definition) is 1. The smallest absolute Gasteiger partial charge is 0.191 e. The van der Waals surface area contributed by atoms with Gasteiger partial charge in [0, 0.05) is 18.7 Å². The van der Waals surface area contributed by atoms with Crippen LogP contribution in [0.2, 0.25) is 0 Å². The zero-order valence-corrected chi connectivity index (χ0v) is 8.64. The lowest BCUT2D eigenvalue weighted by Crippen LogP contribution is -1.94. The van der Waals surface area contributed by atoms with E-state index in [0.29, 0.717) is 11.6 Å². The van der Waals surface area contributed by atoms with Gasteiger partial charge in [0.15, 0.2) is 5.89 Å². The number of hydrogen-bond acceptors (Lipinski definition) is 4. The summed E-state index contributed by atoms with van der Waals surface area (Å²) in [4.78, 5) is 8.32. The Morgan fingerprint density at radius 3 is 2.67 bits per heavy atom. The Balaban J connectivity index is 2.31. The fraction of sp³-hybridized carbons (Fsp3) is 0.273. The van der Waals surface area contributed by atoms with E-state index in [1.165, 1.54) is 0 Å². The topological polar surface area (TPSA) is 59.2 Å². The van der Waals surface area contributed by atoms with Crippen molar-refractivity contribution in [2.45, 2.75) is 20.0 Å². The lowest BCUT2D eigenvalue weighted by atomic mass is 10.2. The molecule has 0 aliphatic heterocycles. The highest BCUT2D eigenvalue weighted by atomic mass is 16.3. The largest absolute Gasteiger partial charge is 0.449 e. The Labute approximate surface area is 87.6 Å². The minimum atomic E-state index is -0.543. The first kappa shape index (κ1) is 9.86. The number of aryl methyl sites for hydroxylation is 1. The van der Waals surface area contributed by atoms with Crippen LogP contribution in [-0.4, -0.2) is 15.1 Å². The van der Waals surface area contributed by atoms with Crippen LogP contribution in [0.4, 0.5) is 0 Å². The summed E-state index contributed by atoms with van der Waals surface area (Å²) in [6.45, 7) is 3.48. The summed E-state index contributed by atoms with van der Waals surface area (Å²) in [5, 5.41) is 9.29. The first-order chi connectivity index (χ1) is 7.16. The highest BCUT2D eigenvalue weighted by molar-refractivity contribution is 5.56. The van der Waals surface area contributed by atoms with Gasteiger partial charge in [0.2, 0.25) is 0 Å². The second-order valence-electron chi connectivity index (χ2n) is 3.40. The van der Waals surface area contributed by atoms with Crippen molar-refractivity contribution in [3.63, 3.8) is 0 Å². The summed E-state index contributed by atoms with van der Waals surface area (Å²) in [6, 6.07) is 3.65. The maximum atomic E-state index is 9.29. The van der Waals surface area contributed by atoms with Crippen LogP contribution in [-0.2, 0) is 0 Å².